The average molecular weight is 480 g/mol. The highest BCUT2D eigenvalue weighted by atomic mass is 16.7. The van der Waals surface area contributed by atoms with E-state index in [2.05, 4.69) is 16.6 Å². The van der Waals surface area contributed by atoms with Gasteiger partial charge in [-0.1, -0.05) is 75.9 Å². The zero-order valence-corrected chi connectivity index (χ0v) is 21.2. The second-order valence-electron chi connectivity index (χ2n) is 9.28. The van der Waals surface area contributed by atoms with Crippen molar-refractivity contribution in [2.45, 2.75) is 91.5 Å². The number of rotatable bonds is 14. The number of carbonyl (C=O) groups excluding carboxylic acids is 1. The van der Waals surface area contributed by atoms with Crippen LogP contribution in [0.15, 0.2) is 41.6 Å². The summed E-state index contributed by atoms with van der Waals surface area (Å²) < 4.78 is 2.27. The van der Waals surface area contributed by atoms with Gasteiger partial charge in [-0.3, -0.25) is 10.1 Å². The van der Waals surface area contributed by atoms with Crippen LogP contribution in [0, 0.1) is 10.1 Å². The second kappa shape index (κ2) is 13.0. The molecule has 0 fully saturated rings. The van der Waals surface area contributed by atoms with Gasteiger partial charge < -0.3 is 9.40 Å². The minimum absolute atomic E-state index is 0.0752. The van der Waals surface area contributed by atoms with E-state index in [1.54, 1.807) is 19.1 Å². The summed E-state index contributed by atoms with van der Waals surface area (Å²) in [6.45, 7) is 6.20. The Balaban J connectivity index is 1.76. The third-order valence-corrected chi connectivity index (χ3v) is 6.52. The molecule has 0 atom stereocenters. The first-order valence-electron chi connectivity index (χ1n) is 12.8. The van der Waals surface area contributed by atoms with Crippen LogP contribution in [0.2, 0.25) is 0 Å². The van der Waals surface area contributed by atoms with Gasteiger partial charge in [0.2, 0.25) is 0 Å². The van der Waals surface area contributed by atoms with Gasteiger partial charge in [0.05, 0.1) is 10.6 Å². The third kappa shape index (κ3) is 7.13. The number of benzene rings is 2. The monoisotopic (exact) mass is 479 g/mol. The van der Waals surface area contributed by atoms with Gasteiger partial charge in [0.15, 0.2) is 0 Å². The molecule has 0 saturated heterocycles. The molecule has 1 heterocycles. The molecular formula is C28H37N3O4. The lowest BCUT2D eigenvalue weighted by atomic mass is 10.1. The van der Waals surface area contributed by atoms with Gasteiger partial charge in [-0.05, 0) is 37.1 Å². The van der Waals surface area contributed by atoms with Crippen molar-refractivity contribution in [3.8, 4) is 0 Å². The number of carbonyl (C=O) groups is 1. The number of unbranched alkanes of at least 4 members (excludes halogenated alkanes) is 9. The molecule has 7 heteroatoms. The van der Waals surface area contributed by atoms with Crippen LogP contribution in [0.1, 0.15) is 90.5 Å². The van der Waals surface area contributed by atoms with Crippen LogP contribution in [0.25, 0.3) is 21.8 Å². The van der Waals surface area contributed by atoms with E-state index in [1.165, 1.54) is 64.7 Å². The lowest BCUT2D eigenvalue weighted by Crippen LogP contribution is -2.00. The maximum atomic E-state index is 11.4. The van der Waals surface area contributed by atoms with E-state index in [9.17, 15) is 14.9 Å². The number of nitro groups is 1. The molecule has 0 unspecified atom stereocenters. The Morgan fingerprint density at radius 1 is 0.886 bits per heavy atom. The molecule has 0 bridgehead atoms. The molecule has 0 N–H and O–H groups in total. The maximum Gasteiger partial charge on any atom is 0.331 e. The van der Waals surface area contributed by atoms with E-state index >= 15 is 0 Å². The Kier molecular flexibility index (Phi) is 9.82. The number of aryl methyl sites for hydroxylation is 1. The van der Waals surface area contributed by atoms with Crippen molar-refractivity contribution >= 4 is 39.2 Å². The minimum Gasteiger partial charge on any atom is -0.340 e. The quantitative estimate of drug-likeness (QED) is 0.0772. The number of nitrogens with zero attached hydrogens (tertiary/aromatic N) is 3. The molecule has 3 rings (SSSR count). The molecule has 0 saturated carbocycles. The van der Waals surface area contributed by atoms with Gasteiger partial charge in [-0.15, -0.1) is 0 Å². The van der Waals surface area contributed by atoms with Crippen molar-refractivity contribution in [2.75, 3.05) is 0 Å². The van der Waals surface area contributed by atoms with Crippen molar-refractivity contribution in [3.63, 3.8) is 0 Å². The summed E-state index contributed by atoms with van der Waals surface area (Å²) in [6.07, 6.45) is 12.8. The fraction of sp³-hybridized carbons (Fsp3) is 0.500. The number of oxime groups is 1. The smallest absolute Gasteiger partial charge is 0.331 e. The first-order chi connectivity index (χ1) is 16.9. The number of nitro benzene ring substituents is 1. The molecule has 0 aliphatic heterocycles. The SMILES string of the molecule is CCCCCCCCCCCCn1c2ccc(/C(C)=N/OC(C)=O)cc2c2cc([N+](=O)[O-])ccc21. The molecule has 7 nitrogen and oxygen atoms in total. The summed E-state index contributed by atoms with van der Waals surface area (Å²) in [6, 6.07) is 11.0. The number of hydrogen-bond acceptors (Lipinski definition) is 5. The number of non-ortho nitro benzene ring substituents is 1. The fourth-order valence-electron chi connectivity index (χ4n) is 4.61. The predicted molar refractivity (Wildman–Crippen MR) is 142 cm³/mol. The van der Waals surface area contributed by atoms with Gasteiger partial charge in [0, 0.05) is 47.4 Å². The number of hydrogen-bond donors (Lipinski definition) is 0. The van der Waals surface area contributed by atoms with Crippen LogP contribution in [-0.4, -0.2) is 21.2 Å². The highest BCUT2D eigenvalue weighted by Crippen LogP contribution is 2.33. The molecule has 3 aromatic rings. The van der Waals surface area contributed by atoms with Gasteiger partial charge in [0.25, 0.3) is 5.69 Å². The second-order valence-corrected chi connectivity index (χ2v) is 9.28. The van der Waals surface area contributed by atoms with Crippen LogP contribution in [0.3, 0.4) is 0 Å². The van der Waals surface area contributed by atoms with Gasteiger partial charge in [0.1, 0.15) is 0 Å². The highest BCUT2D eigenvalue weighted by molar-refractivity contribution is 6.12. The standard InChI is InChI=1S/C28H37N3O4/c1-4-5-6-7-8-9-10-11-12-13-18-30-27-16-14-23(21(2)29-35-22(3)32)19-25(27)26-20-24(31(33)34)15-17-28(26)30/h14-17,19-20H,4-13,18H2,1-3H3/b29-21+. The molecule has 35 heavy (non-hydrogen) atoms. The van der Waals surface area contributed by atoms with E-state index < -0.39 is 5.97 Å². The molecule has 1 aromatic heterocycles. The normalized spacial score (nSPS) is 11.9. The molecule has 0 radical (unpaired) electrons. The van der Waals surface area contributed by atoms with Crippen LogP contribution in [0.5, 0.6) is 0 Å². The Labute approximate surface area is 207 Å². The molecule has 188 valence electrons. The maximum absolute atomic E-state index is 11.4. The highest BCUT2D eigenvalue weighted by Gasteiger charge is 2.16. The number of aromatic nitrogens is 1. The van der Waals surface area contributed by atoms with E-state index in [0.29, 0.717) is 5.71 Å². The van der Waals surface area contributed by atoms with E-state index in [4.69, 9.17) is 4.84 Å². The number of fused-ring (bicyclic) bond motifs is 3. The van der Waals surface area contributed by atoms with Crippen LogP contribution in [-0.2, 0) is 16.2 Å². The summed E-state index contributed by atoms with van der Waals surface area (Å²) in [4.78, 5) is 27.0. The molecule has 0 amide bonds. The third-order valence-electron chi connectivity index (χ3n) is 6.52. The van der Waals surface area contributed by atoms with Crippen LogP contribution >= 0.6 is 0 Å². The Bertz CT molecular complexity index is 1200. The summed E-state index contributed by atoms with van der Waals surface area (Å²) >= 11 is 0. The lowest BCUT2D eigenvalue weighted by Gasteiger charge is -2.08. The zero-order valence-electron chi connectivity index (χ0n) is 21.2. The zero-order chi connectivity index (χ0) is 25.2. The largest absolute Gasteiger partial charge is 0.340 e. The summed E-state index contributed by atoms with van der Waals surface area (Å²) in [5.74, 6) is -0.478. The Morgan fingerprint density at radius 3 is 2.06 bits per heavy atom. The first-order valence-corrected chi connectivity index (χ1v) is 12.8. The van der Waals surface area contributed by atoms with E-state index in [-0.39, 0.29) is 10.6 Å². The topological polar surface area (TPSA) is 86.7 Å². The van der Waals surface area contributed by atoms with Crippen molar-refractivity contribution in [2.24, 2.45) is 5.16 Å². The average Bonchev–Trinajstić information content (AvgIpc) is 3.15. The minimum atomic E-state index is -0.478. The van der Waals surface area contributed by atoms with Gasteiger partial charge >= 0.3 is 5.97 Å². The molecule has 0 aliphatic rings. The van der Waals surface area contributed by atoms with Gasteiger partial charge in [-0.2, -0.15) is 0 Å². The summed E-state index contributed by atoms with van der Waals surface area (Å²) in [5, 5.41) is 17.1. The molecule has 0 spiro atoms. The van der Waals surface area contributed by atoms with E-state index in [0.717, 1.165) is 40.3 Å². The van der Waals surface area contributed by atoms with Crippen LogP contribution in [0.4, 0.5) is 5.69 Å². The first kappa shape index (κ1) is 26.4. The summed E-state index contributed by atoms with van der Waals surface area (Å²) in [5.41, 5.74) is 3.49. The lowest BCUT2D eigenvalue weighted by molar-refractivity contribution is -0.384. The Hall–Kier alpha value is -3.22. The Morgan fingerprint density at radius 2 is 1.46 bits per heavy atom. The molecule has 0 aliphatic carbocycles. The van der Waals surface area contributed by atoms with Crippen molar-refractivity contribution < 1.29 is 14.6 Å². The van der Waals surface area contributed by atoms with Gasteiger partial charge in [-0.25, -0.2) is 4.79 Å². The summed E-state index contributed by atoms with van der Waals surface area (Å²) in [7, 11) is 0. The molecular weight excluding hydrogens is 442 g/mol. The van der Waals surface area contributed by atoms with E-state index in [1.807, 2.05) is 24.3 Å². The molecule has 2 aromatic carbocycles. The predicted octanol–water partition coefficient (Wildman–Crippen LogP) is 7.91. The van der Waals surface area contributed by atoms with Crippen molar-refractivity contribution in [1.29, 1.82) is 0 Å². The fourth-order valence-corrected chi connectivity index (χ4v) is 4.61. The van der Waals surface area contributed by atoms with Crippen LogP contribution < -0.4 is 0 Å². The van der Waals surface area contributed by atoms with Crippen molar-refractivity contribution in [3.05, 3.63) is 52.1 Å². The van der Waals surface area contributed by atoms with Crippen molar-refractivity contribution in [1.82, 2.24) is 4.57 Å².